The molecule has 1 aromatic rings. The van der Waals surface area contributed by atoms with E-state index in [9.17, 15) is 4.39 Å². The summed E-state index contributed by atoms with van der Waals surface area (Å²) in [6.07, 6.45) is 2.34. The Balaban J connectivity index is 2.20. The van der Waals surface area contributed by atoms with E-state index in [4.69, 9.17) is 0 Å². The minimum atomic E-state index is -0.120. The van der Waals surface area contributed by atoms with Crippen molar-refractivity contribution in [2.45, 2.75) is 32.7 Å². The maximum absolute atomic E-state index is 13.3. The first-order valence-electron chi connectivity index (χ1n) is 5.65. The largest absolute Gasteiger partial charge is 0.310 e. The molecule has 2 rings (SSSR count). The lowest BCUT2D eigenvalue weighted by molar-refractivity contribution is 0.324. The van der Waals surface area contributed by atoms with Crippen LogP contribution in [0.3, 0.4) is 0 Å². The molecule has 1 saturated heterocycles. The number of aryl methyl sites for hydroxylation is 1. The lowest BCUT2D eigenvalue weighted by atomic mass is 9.89. The Labute approximate surface area is 90.7 Å². The molecule has 2 heteroatoms. The van der Waals surface area contributed by atoms with Gasteiger partial charge in [0.1, 0.15) is 5.82 Å². The Hall–Kier alpha value is -0.890. The number of benzene rings is 1. The summed E-state index contributed by atoms with van der Waals surface area (Å²) in [7, 11) is 0. The molecule has 1 aliphatic rings. The van der Waals surface area contributed by atoms with Gasteiger partial charge in [-0.3, -0.25) is 0 Å². The third-order valence-corrected chi connectivity index (χ3v) is 3.13. The molecular formula is C13H18FN. The lowest BCUT2D eigenvalue weighted by Gasteiger charge is -2.28. The first-order valence-corrected chi connectivity index (χ1v) is 5.65. The zero-order chi connectivity index (χ0) is 10.8. The average Bonchev–Trinajstić information content (AvgIpc) is 2.16. The van der Waals surface area contributed by atoms with E-state index in [0.717, 1.165) is 30.0 Å². The third-order valence-electron chi connectivity index (χ3n) is 3.13. The second kappa shape index (κ2) is 4.31. The fourth-order valence-corrected chi connectivity index (χ4v) is 2.33. The zero-order valence-electron chi connectivity index (χ0n) is 9.39. The molecular weight excluding hydrogens is 189 g/mol. The number of piperidine rings is 1. The molecule has 0 aliphatic carbocycles. The van der Waals surface area contributed by atoms with E-state index in [0.29, 0.717) is 6.04 Å². The zero-order valence-corrected chi connectivity index (χ0v) is 9.39. The van der Waals surface area contributed by atoms with Crippen molar-refractivity contribution in [3.8, 4) is 0 Å². The van der Waals surface area contributed by atoms with Gasteiger partial charge in [-0.1, -0.05) is 13.0 Å². The van der Waals surface area contributed by atoms with Crippen LogP contribution in [-0.4, -0.2) is 6.54 Å². The predicted octanol–water partition coefficient (Wildman–Crippen LogP) is 3.19. The second-order valence-corrected chi connectivity index (χ2v) is 4.70. The van der Waals surface area contributed by atoms with Gasteiger partial charge in [0.15, 0.2) is 0 Å². The van der Waals surface area contributed by atoms with Crippen LogP contribution in [0.5, 0.6) is 0 Å². The van der Waals surface area contributed by atoms with Crippen molar-refractivity contribution in [1.29, 1.82) is 0 Å². The summed E-state index contributed by atoms with van der Waals surface area (Å²) in [5, 5.41) is 3.45. The van der Waals surface area contributed by atoms with Crippen LogP contribution in [0.2, 0.25) is 0 Å². The Kier molecular flexibility index (Phi) is 3.06. The van der Waals surface area contributed by atoms with Gasteiger partial charge in [0.2, 0.25) is 0 Å². The van der Waals surface area contributed by atoms with Crippen molar-refractivity contribution in [3.63, 3.8) is 0 Å². The highest BCUT2D eigenvalue weighted by Gasteiger charge is 2.20. The van der Waals surface area contributed by atoms with Crippen LogP contribution in [0.4, 0.5) is 4.39 Å². The van der Waals surface area contributed by atoms with Gasteiger partial charge in [0.25, 0.3) is 0 Å². The van der Waals surface area contributed by atoms with Crippen molar-refractivity contribution in [2.75, 3.05) is 6.54 Å². The molecule has 1 N–H and O–H groups in total. The molecule has 1 nitrogen and oxygen atoms in total. The normalized spacial score (nSPS) is 26.6. The first kappa shape index (κ1) is 10.6. The van der Waals surface area contributed by atoms with E-state index in [-0.39, 0.29) is 5.82 Å². The van der Waals surface area contributed by atoms with Gasteiger partial charge in [-0.2, -0.15) is 0 Å². The molecule has 1 aliphatic heterocycles. The Bertz CT molecular complexity index is 328. The van der Waals surface area contributed by atoms with Crippen LogP contribution in [0, 0.1) is 18.7 Å². The maximum Gasteiger partial charge on any atom is 0.123 e. The first-order chi connectivity index (χ1) is 7.15. The fourth-order valence-electron chi connectivity index (χ4n) is 2.33. The molecule has 1 fully saturated rings. The summed E-state index contributed by atoms with van der Waals surface area (Å²) in [5.74, 6) is 0.616. The van der Waals surface area contributed by atoms with Crippen LogP contribution in [0.25, 0.3) is 0 Å². The summed E-state index contributed by atoms with van der Waals surface area (Å²) < 4.78 is 13.3. The van der Waals surface area contributed by atoms with Gasteiger partial charge < -0.3 is 5.32 Å². The molecule has 15 heavy (non-hydrogen) atoms. The number of nitrogens with one attached hydrogen (secondary N) is 1. The molecule has 0 bridgehead atoms. The molecule has 82 valence electrons. The molecule has 0 radical (unpaired) electrons. The number of rotatable bonds is 1. The standard InChI is InChI=1S/C13H18FN/c1-9-3-4-15-13(7-9)11-5-10(2)6-12(14)8-11/h5-6,8-9,13,15H,3-4,7H2,1-2H3. The van der Waals surface area contributed by atoms with Gasteiger partial charge in [-0.05, 0) is 55.5 Å². The number of halogens is 1. The summed E-state index contributed by atoms with van der Waals surface area (Å²) in [5.41, 5.74) is 2.10. The van der Waals surface area contributed by atoms with Crippen molar-refractivity contribution in [2.24, 2.45) is 5.92 Å². The Morgan fingerprint density at radius 2 is 2.13 bits per heavy atom. The van der Waals surface area contributed by atoms with Gasteiger partial charge in [-0.25, -0.2) is 4.39 Å². The van der Waals surface area contributed by atoms with E-state index in [1.54, 1.807) is 12.1 Å². The minimum Gasteiger partial charge on any atom is -0.310 e. The Morgan fingerprint density at radius 3 is 2.80 bits per heavy atom. The summed E-state index contributed by atoms with van der Waals surface area (Å²) >= 11 is 0. The van der Waals surface area contributed by atoms with E-state index in [1.807, 2.05) is 6.92 Å². The van der Waals surface area contributed by atoms with Gasteiger partial charge in [-0.15, -0.1) is 0 Å². The Morgan fingerprint density at radius 1 is 1.33 bits per heavy atom. The van der Waals surface area contributed by atoms with E-state index in [1.165, 1.54) is 6.42 Å². The summed E-state index contributed by atoms with van der Waals surface area (Å²) in [6, 6.07) is 5.65. The van der Waals surface area contributed by atoms with Crippen LogP contribution in [0.1, 0.15) is 36.9 Å². The molecule has 0 spiro atoms. The van der Waals surface area contributed by atoms with Gasteiger partial charge in [0, 0.05) is 6.04 Å². The fraction of sp³-hybridized carbons (Fsp3) is 0.538. The monoisotopic (exact) mass is 207 g/mol. The highest BCUT2D eigenvalue weighted by molar-refractivity contribution is 5.26. The predicted molar refractivity (Wildman–Crippen MR) is 60.3 cm³/mol. The maximum atomic E-state index is 13.3. The molecule has 2 unspecified atom stereocenters. The SMILES string of the molecule is Cc1cc(F)cc(C2CC(C)CCN2)c1. The molecule has 1 heterocycles. The average molecular weight is 207 g/mol. The van der Waals surface area contributed by atoms with Crippen molar-refractivity contribution in [1.82, 2.24) is 5.32 Å². The summed E-state index contributed by atoms with van der Waals surface area (Å²) in [4.78, 5) is 0. The number of hydrogen-bond donors (Lipinski definition) is 1. The third kappa shape index (κ3) is 2.57. The topological polar surface area (TPSA) is 12.0 Å². The van der Waals surface area contributed by atoms with Crippen molar-refractivity contribution >= 4 is 0 Å². The van der Waals surface area contributed by atoms with Crippen LogP contribution >= 0.6 is 0 Å². The van der Waals surface area contributed by atoms with Gasteiger partial charge >= 0.3 is 0 Å². The highest BCUT2D eigenvalue weighted by Crippen LogP contribution is 2.27. The van der Waals surface area contributed by atoms with E-state index < -0.39 is 0 Å². The van der Waals surface area contributed by atoms with Gasteiger partial charge in [0.05, 0.1) is 0 Å². The number of hydrogen-bond acceptors (Lipinski definition) is 1. The van der Waals surface area contributed by atoms with E-state index in [2.05, 4.69) is 18.3 Å². The van der Waals surface area contributed by atoms with Crippen molar-refractivity contribution in [3.05, 3.63) is 35.1 Å². The lowest BCUT2D eigenvalue weighted by Crippen LogP contribution is -2.30. The highest BCUT2D eigenvalue weighted by atomic mass is 19.1. The molecule has 0 amide bonds. The minimum absolute atomic E-state index is 0.120. The smallest absolute Gasteiger partial charge is 0.123 e. The van der Waals surface area contributed by atoms with Crippen LogP contribution in [0.15, 0.2) is 18.2 Å². The van der Waals surface area contributed by atoms with Crippen molar-refractivity contribution < 1.29 is 4.39 Å². The van der Waals surface area contributed by atoms with E-state index >= 15 is 0 Å². The van der Waals surface area contributed by atoms with Crippen LogP contribution < -0.4 is 5.32 Å². The summed E-state index contributed by atoms with van der Waals surface area (Å²) in [6.45, 7) is 5.25. The second-order valence-electron chi connectivity index (χ2n) is 4.70. The quantitative estimate of drug-likeness (QED) is 0.745. The molecule has 0 saturated carbocycles. The molecule has 2 atom stereocenters. The molecule has 0 aromatic heterocycles. The molecule has 1 aromatic carbocycles. The van der Waals surface area contributed by atoms with Crippen LogP contribution in [-0.2, 0) is 0 Å².